The topological polar surface area (TPSA) is 230 Å². The number of hydrogen-bond donors (Lipinski definition) is 3. The highest BCUT2D eigenvalue weighted by atomic mass is 16.5. The van der Waals surface area contributed by atoms with Crippen molar-refractivity contribution in [3.05, 3.63) is 48.7 Å². The zero-order valence-electron chi connectivity index (χ0n) is 36.6. The second kappa shape index (κ2) is 24.2. The molecule has 10 unspecified atom stereocenters. The van der Waals surface area contributed by atoms with E-state index in [9.17, 15) is 29.7 Å². The predicted octanol–water partition coefficient (Wildman–Crippen LogP) is 5.95. The normalized spacial score (nSPS) is 24.4. The van der Waals surface area contributed by atoms with Gasteiger partial charge in [-0.25, -0.2) is 15.0 Å². The second-order valence-corrected chi connectivity index (χ2v) is 16.1. The first-order valence-electron chi connectivity index (χ1n) is 20.9. The number of fused-ring (bicyclic) bond motifs is 8. The van der Waals surface area contributed by atoms with Crippen LogP contribution in [0.3, 0.4) is 0 Å². The van der Waals surface area contributed by atoms with Crippen LogP contribution in [0.1, 0.15) is 103 Å². The minimum absolute atomic E-state index is 0.0574. The number of aromatic nitrogens is 3. The molecular formula is C44H64N4O13. The van der Waals surface area contributed by atoms with E-state index in [1.165, 1.54) is 25.9 Å². The Bertz CT molecular complexity index is 1870. The fraction of sp³-hybridized carbons (Fsp3) is 0.636. The van der Waals surface area contributed by atoms with E-state index >= 15 is 0 Å². The van der Waals surface area contributed by atoms with Crippen molar-refractivity contribution < 1.29 is 61.9 Å². The first-order valence-corrected chi connectivity index (χ1v) is 20.9. The Hall–Kier alpha value is -4.52. The van der Waals surface area contributed by atoms with Crippen LogP contribution in [-0.2, 0) is 33.3 Å². The number of ketones is 2. The van der Waals surface area contributed by atoms with Crippen molar-refractivity contribution in [3.8, 4) is 23.2 Å². The fourth-order valence-corrected chi connectivity index (χ4v) is 7.38. The Morgan fingerprint density at radius 3 is 2.33 bits per heavy atom. The Labute approximate surface area is 357 Å². The highest BCUT2D eigenvalue weighted by Gasteiger charge is 2.33. The van der Waals surface area contributed by atoms with E-state index in [1.807, 2.05) is 32.9 Å². The largest absolute Gasteiger partial charge is 0.462 e. The lowest BCUT2D eigenvalue weighted by Gasteiger charge is -2.31. The lowest BCUT2D eigenvalue weighted by molar-refractivity contribution is -0.157. The van der Waals surface area contributed by atoms with Crippen molar-refractivity contribution in [3.63, 3.8) is 0 Å². The van der Waals surface area contributed by atoms with E-state index in [1.54, 1.807) is 45.4 Å². The van der Waals surface area contributed by atoms with Gasteiger partial charge in [-0.3, -0.25) is 14.4 Å². The van der Waals surface area contributed by atoms with Gasteiger partial charge in [0.1, 0.15) is 55.0 Å². The van der Waals surface area contributed by atoms with Crippen LogP contribution < -0.4 is 0 Å². The Balaban J connectivity index is 1.49. The molecule has 0 radical (unpaired) electrons. The molecule has 0 saturated heterocycles. The van der Waals surface area contributed by atoms with E-state index < -0.39 is 42.7 Å². The van der Waals surface area contributed by atoms with Gasteiger partial charge in [-0.2, -0.15) is 0 Å². The van der Waals surface area contributed by atoms with Gasteiger partial charge in [0.15, 0.2) is 11.4 Å². The van der Waals surface area contributed by atoms with Gasteiger partial charge < -0.3 is 52.4 Å². The number of aliphatic hydroxyl groups is 3. The second-order valence-electron chi connectivity index (χ2n) is 16.1. The molecule has 4 heterocycles. The number of aliphatic hydroxyl groups excluding tert-OH is 3. The van der Waals surface area contributed by atoms with Crippen LogP contribution in [0.5, 0.6) is 0 Å². The highest BCUT2D eigenvalue weighted by Crippen LogP contribution is 2.32. The summed E-state index contributed by atoms with van der Waals surface area (Å²) in [6.45, 7) is 7.35. The molecule has 0 spiro atoms. The first-order chi connectivity index (χ1) is 29.2. The molecule has 17 heteroatoms. The van der Waals surface area contributed by atoms with Crippen molar-refractivity contribution in [2.45, 2.75) is 122 Å². The number of allylic oxidation sites excluding steroid dienone is 1. The van der Waals surface area contributed by atoms with Gasteiger partial charge in [-0.15, -0.1) is 0 Å². The van der Waals surface area contributed by atoms with Gasteiger partial charge in [0.2, 0.25) is 17.7 Å². The maximum atomic E-state index is 13.4. The standard InChI is InChI=1S/C44H64N4O13/c1-26-12-9-10-14-40-45-33(23-58-40)43-47-34(24-60-43)44-46-32(22-59-44)42(57-8)29(4)36(53)19-30(50)18-31(51)20-41(54)61-39(26)21-38(56-7)27(2)15-16-35(52)28(3)37(55-6)13-11-17-48(5)25-49/h10-11,14,17,22-24,26-31,37-39,42,49-51H,9,12-13,15-16,18-21,25H2,1-8H3. The summed E-state index contributed by atoms with van der Waals surface area (Å²) >= 11 is 0. The van der Waals surface area contributed by atoms with Crippen molar-refractivity contribution in [1.29, 1.82) is 0 Å². The number of cyclic esters (lactones) is 1. The maximum absolute atomic E-state index is 13.4. The summed E-state index contributed by atoms with van der Waals surface area (Å²) in [6.07, 6.45) is 8.71. The summed E-state index contributed by atoms with van der Waals surface area (Å²) in [4.78, 5) is 55.0. The molecule has 0 amide bonds. The summed E-state index contributed by atoms with van der Waals surface area (Å²) in [7, 11) is 6.34. The molecule has 1 aliphatic heterocycles. The third-order valence-electron chi connectivity index (χ3n) is 11.4. The zero-order chi connectivity index (χ0) is 44.6. The van der Waals surface area contributed by atoms with Gasteiger partial charge >= 0.3 is 5.97 Å². The van der Waals surface area contributed by atoms with Crippen LogP contribution in [0.15, 0.2) is 50.4 Å². The first kappa shape index (κ1) is 49.1. The number of oxazole rings is 3. The Morgan fingerprint density at radius 1 is 0.951 bits per heavy atom. The molecule has 338 valence electrons. The third kappa shape index (κ3) is 14.5. The predicted molar refractivity (Wildman–Crippen MR) is 222 cm³/mol. The average molecular weight is 857 g/mol. The summed E-state index contributed by atoms with van der Waals surface area (Å²) in [6, 6.07) is 0. The number of Topliss-reactive ketones (excluding diaryl/α,β-unsaturated/α-hetero) is 2. The van der Waals surface area contributed by atoms with Gasteiger partial charge in [-0.1, -0.05) is 39.8 Å². The van der Waals surface area contributed by atoms with E-state index in [0.717, 1.165) is 0 Å². The number of hydrogen-bond acceptors (Lipinski definition) is 17. The summed E-state index contributed by atoms with van der Waals surface area (Å²) in [5, 5.41) is 30.9. The van der Waals surface area contributed by atoms with E-state index in [0.29, 0.717) is 61.5 Å². The van der Waals surface area contributed by atoms with Crippen LogP contribution in [-0.4, -0.2) is 118 Å². The molecule has 0 fully saturated rings. The van der Waals surface area contributed by atoms with Crippen molar-refractivity contribution in [2.24, 2.45) is 23.7 Å². The van der Waals surface area contributed by atoms with Crippen LogP contribution >= 0.6 is 0 Å². The molecule has 0 saturated carbocycles. The fourth-order valence-electron chi connectivity index (χ4n) is 7.38. The zero-order valence-corrected chi connectivity index (χ0v) is 36.6. The minimum Gasteiger partial charge on any atom is -0.462 e. The molecule has 10 atom stereocenters. The monoisotopic (exact) mass is 856 g/mol. The molecule has 3 aromatic heterocycles. The number of methoxy groups -OCH3 is 3. The molecular weight excluding hydrogens is 792 g/mol. The highest BCUT2D eigenvalue weighted by molar-refractivity contribution is 5.82. The summed E-state index contributed by atoms with van der Waals surface area (Å²) in [5.74, 6) is -1.65. The van der Waals surface area contributed by atoms with Crippen LogP contribution in [0, 0.1) is 23.7 Å². The molecule has 0 aliphatic carbocycles. The van der Waals surface area contributed by atoms with Crippen LogP contribution in [0.4, 0.5) is 0 Å². The molecule has 3 aromatic rings. The number of rotatable bonds is 15. The van der Waals surface area contributed by atoms with E-state index in [2.05, 4.69) is 15.0 Å². The molecule has 1 aliphatic rings. The Morgan fingerprint density at radius 2 is 1.62 bits per heavy atom. The lowest BCUT2D eigenvalue weighted by atomic mass is 9.86. The van der Waals surface area contributed by atoms with Gasteiger partial charge in [0.05, 0.1) is 30.8 Å². The number of carbonyl (C=O) groups excluding carboxylic acids is 3. The van der Waals surface area contributed by atoms with Gasteiger partial charge in [0.25, 0.3) is 0 Å². The van der Waals surface area contributed by atoms with Crippen molar-refractivity contribution >= 4 is 23.6 Å². The summed E-state index contributed by atoms with van der Waals surface area (Å²) in [5.41, 5.74) is 0.981. The van der Waals surface area contributed by atoms with Gasteiger partial charge in [0, 0.05) is 65.9 Å². The van der Waals surface area contributed by atoms with Crippen LogP contribution in [0.2, 0.25) is 0 Å². The minimum atomic E-state index is -1.28. The third-order valence-corrected chi connectivity index (χ3v) is 11.4. The van der Waals surface area contributed by atoms with Crippen molar-refractivity contribution in [1.82, 2.24) is 19.9 Å². The number of esters is 1. The Kier molecular flexibility index (Phi) is 19.5. The molecule has 3 N–H and O–H groups in total. The van der Waals surface area contributed by atoms with E-state index in [-0.39, 0.29) is 72.9 Å². The molecule has 17 nitrogen and oxygen atoms in total. The average Bonchev–Trinajstić information content (AvgIpc) is 4.03. The smallest absolute Gasteiger partial charge is 0.308 e. The maximum Gasteiger partial charge on any atom is 0.308 e. The lowest BCUT2D eigenvalue weighted by Crippen LogP contribution is -2.35. The van der Waals surface area contributed by atoms with E-state index in [4.69, 9.17) is 32.2 Å². The number of carbonyl (C=O) groups is 3. The SMILES string of the molecule is COC(CC1OC(=O)CC(O)CC(O)CC(=O)C(C)C(OC)c2coc(n2)-c2coc(n2)-c2coc(n2)C=CCCC1C)C(C)CCC(=O)C(C)C(CC=CN(C)CO)OC. The summed E-state index contributed by atoms with van der Waals surface area (Å²) < 4.78 is 40.2. The van der Waals surface area contributed by atoms with Crippen LogP contribution in [0.25, 0.3) is 29.2 Å². The molecule has 0 aromatic carbocycles. The molecule has 4 rings (SSSR count). The van der Waals surface area contributed by atoms with Crippen molar-refractivity contribution in [2.75, 3.05) is 35.1 Å². The molecule has 61 heavy (non-hydrogen) atoms. The molecule has 6 bridgehead atoms. The number of nitrogens with zero attached hydrogens (tertiary/aromatic N) is 4. The van der Waals surface area contributed by atoms with Gasteiger partial charge in [-0.05, 0) is 49.8 Å². The quantitative estimate of drug-likeness (QED) is 0.118. The number of ether oxygens (including phenoxy) is 4.